The lowest BCUT2D eigenvalue weighted by atomic mass is 10.1. The molecule has 2 aliphatic rings. The Kier molecular flexibility index (Phi) is 7.95. The number of benzene rings is 2. The van der Waals surface area contributed by atoms with Crippen molar-refractivity contribution < 1.29 is 23.5 Å². The molecule has 0 atom stereocenters. The molecule has 3 amide bonds. The van der Waals surface area contributed by atoms with Crippen molar-refractivity contribution in [1.29, 1.82) is 0 Å². The topological polar surface area (TPSA) is 66.9 Å². The highest BCUT2D eigenvalue weighted by atomic mass is 79.9. The lowest BCUT2D eigenvalue weighted by Crippen LogP contribution is -2.44. The summed E-state index contributed by atoms with van der Waals surface area (Å²) in [4.78, 5) is 40.6. The van der Waals surface area contributed by atoms with Crippen LogP contribution >= 0.6 is 39.3 Å². The van der Waals surface area contributed by atoms with Crippen LogP contribution in [0.3, 0.4) is 0 Å². The second-order valence-corrected chi connectivity index (χ2v) is 10.2. The van der Waals surface area contributed by atoms with Gasteiger partial charge in [0.1, 0.15) is 19.0 Å². The minimum absolute atomic E-state index is 0.196. The first-order valence-corrected chi connectivity index (χ1v) is 12.7. The Morgan fingerprint density at radius 3 is 2.53 bits per heavy atom. The minimum atomic E-state index is -0.496. The van der Waals surface area contributed by atoms with E-state index in [9.17, 15) is 18.8 Å². The normalized spacial score (nSPS) is 17.6. The van der Waals surface area contributed by atoms with Crippen LogP contribution in [0.5, 0.6) is 5.75 Å². The minimum Gasteiger partial charge on any atom is -0.486 e. The summed E-state index contributed by atoms with van der Waals surface area (Å²) in [7, 11) is 0. The zero-order valence-corrected chi connectivity index (χ0v) is 21.2. The van der Waals surface area contributed by atoms with Gasteiger partial charge in [0.05, 0.1) is 14.4 Å². The molecule has 0 spiro atoms. The van der Waals surface area contributed by atoms with Crippen molar-refractivity contribution >= 4 is 62.4 Å². The van der Waals surface area contributed by atoms with Crippen LogP contribution in [-0.2, 0) is 16.2 Å². The van der Waals surface area contributed by atoms with E-state index >= 15 is 0 Å². The molecule has 0 aliphatic carbocycles. The Morgan fingerprint density at radius 2 is 1.85 bits per heavy atom. The van der Waals surface area contributed by atoms with Crippen LogP contribution in [0, 0.1) is 5.82 Å². The third kappa shape index (κ3) is 5.82. The zero-order chi connectivity index (χ0) is 24.2. The summed E-state index contributed by atoms with van der Waals surface area (Å²) in [5, 5.41) is -0.159. The molecule has 2 aliphatic heterocycles. The molecule has 2 aromatic carbocycles. The van der Waals surface area contributed by atoms with E-state index in [0.717, 1.165) is 41.5 Å². The van der Waals surface area contributed by atoms with E-state index in [1.165, 1.54) is 12.1 Å². The van der Waals surface area contributed by atoms with Crippen molar-refractivity contribution in [3.63, 3.8) is 0 Å². The number of rotatable bonds is 6. The number of likely N-dealkylation sites (tertiary alicyclic amines) is 1. The van der Waals surface area contributed by atoms with Crippen LogP contribution in [0.25, 0.3) is 6.08 Å². The lowest BCUT2D eigenvalue weighted by Gasteiger charge is -2.27. The molecule has 10 heteroatoms. The lowest BCUT2D eigenvalue weighted by molar-refractivity contribution is -0.136. The van der Waals surface area contributed by atoms with Crippen molar-refractivity contribution in [3.05, 3.63) is 67.7 Å². The summed E-state index contributed by atoms with van der Waals surface area (Å²) in [6.45, 7) is 1.27. The molecule has 2 saturated heterocycles. The highest BCUT2D eigenvalue weighted by molar-refractivity contribution is 9.10. The van der Waals surface area contributed by atoms with E-state index in [1.807, 2.05) is 0 Å². The van der Waals surface area contributed by atoms with Crippen LogP contribution < -0.4 is 4.74 Å². The smallest absolute Gasteiger partial charge is 0.294 e. The highest BCUT2D eigenvalue weighted by Gasteiger charge is 2.37. The Labute approximate surface area is 214 Å². The molecule has 0 N–H and O–H groups in total. The van der Waals surface area contributed by atoms with E-state index in [0.29, 0.717) is 33.9 Å². The maximum absolute atomic E-state index is 13.1. The summed E-state index contributed by atoms with van der Waals surface area (Å²) >= 11 is 10.6. The Morgan fingerprint density at radius 1 is 1.15 bits per heavy atom. The van der Waals surface area contributed by atoms with Gasteiger partial charge in [-0.05, 0) is 88.4 Å². The molecule has 0 unspecified atom stereocenters. The van der Waals surface area contributed by atoms with Gasteiger partial charge in [-0.2, -0.15) is 0 Å². The third-order valence-electron chi connectivity index (χ3n) is 5.49. The summed E-state index contributed by atoms with van der Waals surface area (Å²) in [6, 6.07) is 9.30. The number of nitrogens with zero attached hydrogens (tertiary/aromatic N) is 2. The molecule has 0 aromatic heterocycles. The van der Waals surface area contributed by atoms with Gasteiger partial charge in [0.15, 0.2) is 5.75 Å². The number of piperidine rings is 1. The molecule has 0 saturated carbocycles. The van der Waals surface area contributed by atoms with E-state index in [2.05, 4.69) is 15.9 Å². The van der Waals surface area contributed by atoms with Gasteiger partial charge in [0, 0.05) is 13.1 Å². The molecule has 0 radical (unpaired) electrons. The number of ether oxygens (including phenoxy) is 1. The van der Waals surface area contributed by atoms with Crippen molar-refractivity contribution in [2.45, 2.75) is 25.9 Å². The number of amides is 3. The summed E-state index contributed by atoms with van der Waals surface area (Å²) in [5.41, 5.74) is 1.38. The first-order chi connectivity index (χ1) is 16.3. The van der Waals surface area contributed by atoms with Crippen LogP contribution in [0.4, 0.5) is 9.18 Å². The van der Waals surface area contributed by atoms with E-state index < -0.39 is 11.1 Å². The number of hydrogen-bond donors (Lipinski definition) is 0. The first kappa shape index (κ1) is 24.8. The number of thioether (sulfide) groups is 1. The monoisotopic (exact) mass is 566 g/mol. The van der Waals surface area contributed by atoms with Gasteiger partial charge in [-0.3, -0.25) is 19.3 Å². The van der Waals surface area contributed by atoms with Gasteiger partial charge in [-0.15, -0.1) is 0 Å². The van der Waals surface area contributed by atoms with Crippen LogP contribution in [-0.4, -0.2) is 46.5 Å². The predicted molar refractivity (Wildman–Crippen MR) is 133 cm³/mol. The molecule has 6 nitrogen and oxygen atoms in total. The second kappa shape index (κ2) is 10.9. The average molecular weight is 568 g/mol. The fourth-order valence-corrected chi connectivity index (χ4v) is 5.53. The van der Waals surface area contributed by atoms with Crippen molar-refractivity contribution in [1.82, 2.24) is 9.80 Å². The molecule has 4 rings (SSSR count). The second-order valence-electron chi connectivity index (χ2n) is 7.94. The van der Waals surface area contributed by atoms with Gasteiger partial charge < -0.3 is 9.64 Å². The molecule has 2 aromatic rings. The first-order valence-electron chi connectivity index (χ1n) is 10.7. The SMILES string of the molecule is O=C(CN1C(=O)S/C(=C\c2cc(Cl)c(OCc3ccc(F)cc3)c(Br)c2)C1=O)N1CCCCC1. The standard InChI is InChI=1S/C24H21BrClFN2O4S/c25-18-10-16(11-19(26)22(18)33-14-15-4-6-17(27)7-5-15)12-20-23(31)29(24(32)34-20)13-21(30)28-8-2-1-3-9-28/h4-7,10-12H,1-3,8-9,13-14H2/b20-12-. The maximum atomic E-state index is 13.1. The molecular weight excluding hydrogens is 547 g/mol. The van der Waals surface area contributed by atoms with Crippen molar-refractivity contribution in [2.75, 3.05) is 19.6 Å². The Bertz CT molecular complexity index is 1130. The molecule has 0 bridgehead atoms. The quantitative estimate of drug-likeness (QED) is 0.409. The van der Waals surface area contributed by atoms with Gasteiger partial charge in [-0.25, -0.2) is 4.39 Å². The Balaban J connectivity index is 1.44. The van der Waals surface area contributed by atoms with Crippen molar-refractivity contribution in [2.24, 2.45) is 0 Å². The molecule has 2 fully saturated rings. The van der Waals surface area contributed by atoms with E-state index in [4.69, 9.17) is 16.3 Å². The molecule has 2 heterocycles. The Hall–Kier alpha value is -2.36. The summed E-state index contributed by atoms with van der Waals surface area (Å²) in [5.74, 6) is -0.628. The fraction of sp³-hybridized carbons (Fsp3) is 0.292. The molecular formula is C24H21BrClFN2O4S. The van der Waals surface area contributed by atoms with Gasteiger partial charge >= 0.3 is 0 Å². The number of carbonyl (C=O) groups excluding carboxylic acids is 3. The summed E-state index contributed by atoms with van der Waals surface area (Å²) in [6.07, 6.45) is 4.53. The van der Waals surface area contributed by atoms with E-state index in [-0.39, 0.29) is 29.8 Å². The fourth-order valence-electron chi connectivity index (χ4n) is 3.70. The highest BCUT2D eigenvalue weighted by Crippen LogP contribution is 2.38. The molecule has 34 heavy (non-hydrogen) atoms. The van der Waals surface area contributed by atoms with Crippen LogP contribution in [0.15, 0.2) is 45.8 Å². The van der Waals surface area contributed by atoms with Gasteiger partial charge in [0.25, 0.3) is 11.1 Å². The van der Waals surface area contributed by atoms with Crippen LogP contribution in [0.2, 0.25) is 5.02 Å². The predicted octanol–water partition coefficient (Wildman–Crippen LogP) is 5.87. The third-order valence-corrected chi connectivity index (χ3v) is 7.27. The number of hydrogen-bond acceptors (Lipinski definition) is 5. The largest absolute Gasteiger partial charge is 0.486 e. The molecule has 178 valence electrons. The number of carbonyl (C=O) groups is 3. The number of halogens is 3. The van der Waals surface area contributed by atoms with E-state index in [1.54, 1.807) is 35.2 Å². The van der Waals surface area contributed by atoms with Gasteiger partial charge in [-0.1, -0.05) is 23.7 Å². The summed E-state index contributed by atoms with van der Waals surface area (Å²) < 4.78 is 19.4. The van der Waals surface area contributed by atoms with Gasteiger partial charge in [0.2, 0.25) is 5.91 Å². The van der Waals surface area contributed by atoms with Crippen LogP contribution in [0.1, 0.15) is 30.4 Å². The number of imide groups is 1. The van der Waals surface area contributed by atoms with Crippen molar-refractivity contribution in [3.8, 4) is 5.75 Å². The average Bonchev–Trinajstić information content (AvgIpc) is 3.07. The zero-order valence-electron chi connectivity index (χ0n) is 18.1. The maximum Gasteiger partial charge on any atom is 0.294 e.